The summed E-state index contributed by atoms with van der Waals surface area (Å²) in [6.07, 6.45) is 7.01. The average molecular weight is 292 g/mol. The first kappa shape index (κ1) is 13.0. The van der Waals surface area contributed by atoms with Crippen molar-refractivity contribution < 1.29 is 4.79 Å². The number of hydrogen-bond donors (Lipinski definition) is 1. The fraction of sp³-hybridized carbons (Fsp3) is 0.235. The summed E-state index contributed by atoms with van der Waals surface area (Å²) in [5, 5.41) is 4.08. The molecule has 1 amide bonds. The van der Waals surface area contributed by atoms with Crippen LogP contribution in [0.3, 0.4) is 0 Å². The molecule has 1 aliphatic rings. The molecule has 4 rings (SSSR count). The lowest BCUT2D eigenvalue weighted by molar-refractivity contribution is -0.120. The van der Waals surface area contributed by atoms with E-state index >= 15 is 0 Å². The van der Waals surface area contributed by atoms with E-state index in [1.54, 1.807) is 6.20 Å². The smallest absolute Gasteiger partial charge is 0.228 e. The van der Waals surface area contributed by atoms with Crippen LogP contribution in [0.2, 0.25) is 0 Å². The second kappa shape index (κ2) is 5.26. The monoisotopic (exact) mass is 292 g/mol. The number of pyridine rings is 1. The zero-order valence-electron chi connectivity index (χ0n) is 12.1. The number of amides is 1. The van der Waals surface area contributed by atoms with E-state index in [4.69, 9.17) is 0 Å². The van der Waals surface area contributed by atoms with Crippen LogP contribution in [-0.4, -0.2) is 20.4 Å². The van der Waals surface area contributed by atoms with Crippen LogP contribution >= 0.6 is 0 Å². The third-order valence-electron chi connectivity index (χ3n) is 4.23. The van der Waals surface area contributed by atoms with Crippen molar-refractivity contribution in [1.29, 1.82) is 0 Å². The molecule has 5 heteroatoms. The van der Waals surface area contributed by atoms with Gasteiger partial charge in [-0.2, -0.15) is 0 Å². The molecular weight excluding hydrogens is 276 g/mol. The number of aromatic nitrogens is 3. The number of aryl methyl sites for hydroxylation is 1. The minimum atomic E-state index is -0.0110. The zero-order chi connectivity index (χ0) is 14.9. The van der Waals surface area contributed by atoms with E-state index < -0.39 is 0 Å². The Kier molecular flexibility index (Phi) is 3.11. The van der Waals surface area contributed by atoms with Gasteiger partial charge in [0.2, 0.25) is 5.91 Å². The summed E-state index contributed by atoms with van der Waals surface area (Å²) in [7, 11) is 0. The highest BCUT2D eigenvalue weighted by atomic mass is 16.1. The molecule has 0 fully saturated rings. The number of nitrogens with zero attached hydrogens (tertiary/aromatic N) is 3. The van der Waals surface area contributed by atoms with Crippen molar-refractivity contribution in [3.05, 3.63) is 54.7 Å². The molecule has 0 saturated carbocycles. The second-order valence-electron chi connectivity index (χ2n) is 5.64. The molecule has 110 valence electrons. The lowest BCUT2D eigenvalue weighted by Gasteiger charge is -2.23. The summed E-state index contributed by atoms with van der Waals surface area (Å²) in [4.78, 5) is 21.1. The molecule has 0 bridgehead atoms. The van der Waals surface area contributed by atoms with Crippen LogP contribution in [0.1, 0.15) is 12.1 Å². The molecule has 0 radical (unpaired) electrons. The number of rotatable bonds is 2. The van der Waals surface area contributed by atoms with Gasteiger partial charge >= 0.3 is 0 Å². The Morgan fingerprint density at radius 2 is 2.18 bits per heavy atom. The van der Waals surface area contributed by atoms with Crippen molar-refractivity contribution in [3.63, 3.8) is 0 Å². The Bertz CT molecular complexity index is 834. The van der Waals surface area contributed by atoms with Crippen molar-refractivity contribution in [1.82, 2.24) is 14.5 Å². The zero-order valence-corrected chi connectivity index (χ0v) is 12.1. The summed E-state index contributed by atoms with van der Waals surface area (Å²) in [6, 6.07) is 9.74. The van der Waals surface area contributed by atoms with Gasteiger partial charge in [-0.1, -0.05) is 18.2 Å². The van der Waals surface area contributed by atoms with Gasteiger partial charge in [0.05, 0.1) is 17.5 Å². The maximum Gasteiger partial charge on any atom is 0.228 e. The first-order valence-electron chi connectivity index (χ1n) is 7.45. The molecule has 3 heterocycles. The number of nitrogens with one attached hydrogen (secondary N) is 1. The van der Waals surface area contributed by atoms with Gasteiger partial charge in [0.1, 0.15) is 0 Å². The van der Waals surface area contributed by atoms with E-state index in [-0.39, 0.29) is 11.8 Å². The summed E-state index contributed by atoms with van der Waals surface area (Å²) in [6.45, 7) is 0.848. The molecule has 1 aromatic carbocycles. The Labute approximate surface area is 128 Å². The number of carbonyl (C=O) groups excluding carboxylic acids is 1. The van der Waals surface area contributed by atoms with E-state index in [9.17, 15) is 4.79 Å². The van der Waals surface area contributed by atoms with Gasteiger partial charge in [0.15, 0.2) is 0 Å². The van der Waals surface area contributed by atoms with Crippen LogP contribution in [0, 0.1) is 5.92 Å². The van der Waals surface area contributed by atoms with Crippen LogP contribution in [-0.2, 0) is 17.8 Å². The number of fused-ring (bicyclic) bond motifs is 2. The van der Waals surface area contributed by atoms with Crippen molar-refractivity contribution in [2.45, 2.75) is 19.4 Å². The van der Waals surface area contributed by atoms with Gasteiger partial charge in [-0.05, 0) is 18.6 Å². The summed E-state index contributed by atoms with van der Waals surface area (Å²) in [5.74, 6) is 0.0498. The molecule has 5 nitrogen and oxygen atoms in total. The maximum absolute atomic E-state index is 12.6. The van der Waals surface area contributed by atoms with Gasteiger partial charge in [-0.3, -0.25) is 9.78 Å². The van der Waals surface area contributed by atoms with E-state index in [0.717, 1.165) is 41.7 Å². The summed E-state index contributed by atoms with van der Waals surface area (Å²) in [5.41, 5.74) is 2.74. The minimum Gasteiger partial charge on any atom is -0.335 e. The molecule has 1 N–H and O–H groups in total. The SMILES string of the molecule is O=C(Nc1cccc2cccnc12)C1CCn2cncc2C1. The molecule has 0 spiro atoms. The standard InChI is InChI=1S/C17H16N4O/c22-17(13-6-8-21-11-18-10-14(21)9-13)20-15-5-1-3-12-4-2-7-19-16(12)15/h1-5,7,10-11,13H,6,8-9H2,(H,20,22). The predicted molar refractivity (Wildman–Crippen MR) is 84.4 cm³/mol. The van der Waals surface area contributed by atoms with Crippen LogP contribution < -0.4 is 5.32 Å². The van der Waals surface area contributed by atoms with Crippen LogP contribution in [0.5, 0.6) is 0 Å². The number of imidazole rings is 1. The quantitative estimate of drug-likeness (QED) is 0.790. The van der Waals surface area contributed by atoms with Gasteiger partial charge in [0, 0.05) is 42.4 Å². The third-order valence-corrected chi connectivity index (χ3v) is 4.23. The molecule has 0 aliphatic carbocycles. The third kappa shape index (κ3) is 2.24. The predicted octanol–water partition coefficient (Wildman–Crippen LogP) is 2.63. The lowest BCUT2D eigenvalue weighted by atomic mass is 9.95. The molecular formula is C17H16N4O. The highest BCUT2D eigenvalue weighted by molar-refractivity contribution is 6.01. The first-order valence-corrected chi connectivity index (χ1v) is 7.45. The minimum absolute atomic E-state index is 0.0110. The highest BCUT2D eigenvalue weighted by Crippen LogP contribution is 2.24. The summed E-state index contributed by atoms with van der Waals surface area (Å²) < 4.78 is 2.11. The van der Waals surface area contributed by atoms with Crippen molar-refractivity contribution in [2.75, 3.05) is 5.32 Å². The van der Waals surface area contributed by atoms with Gasteiger partial charge in [-0.25, -0.2) is 4.98 Å². The van der Waals surface area contributed by atoms with Gasteiger partial charge < -0.3 is 9.88 Å². The first-order chi connectivity index (χ1) is 10.8. The molecule has 22 heavy (non-hydrogen) atoms. The number of benzene rings is 1. The molecule has 0 saturated heterocycles. The Balaban J connectivity index is 1.57. The van der Waals surface area contributed by atoms with Crippen molar-refractivity contribution >= 4 is 22.5 Å². The Morgan fingerprint density at radius 3 is 3.14 bits per heavy atom. The number of para-hydroxylation sites is 1. The topological polar surface area (TPSA) is 59.8 Å². The molecule has 1 unspecified atom stereocenters. The molecule has 1 atom stereocenters. The molecule has 2 aromatic heterocycles. The van der Waals surface area contributed by atoms with E-state index in [1.807, 2.05) is 42.9 Å². The second-order valence-corrected chi connectivity index (χ2v) is 5.64. The summed E-state index contributed by atoms with van der Waals surface area (Å²) >= 11 is 0. The van der Waals surface area contributed by atoms with Crippen LogP contribution in [0.25, 0.3) is 10.9 Å². The van der Waals surface area contributed by atoms with E-state index in [1.165, 1.54) is 0 Å². The van der Waals surface area contributed by atoms with E-state index in [0.29, 0.717) is 0 Å². The Morgan fingerprint density at radius 1 is 1.27 bits per heavy atom. The van der Waals surface area contributed by atoms with Crippen LogP contribution in [0.15, 0.2) is 49.1 Å². The van der Waals surface area contributed by atoms with Crippen LogP contribution in [0.4, 0.5) is 5.69 Å². The Hall–Kier alpha value is -2.69. The number of anilines is 1. The number of hydrogen-bond acceptors (Lipinski definition) is 3. The average Bonchev–Trinajstić information content (AvgIpc) is 3.02. The molecule has 3 aromatic rings. The van der Waals surface area contributed by atoms with Crippen molar-refractivity contribution in [2.24, 2.45) is 5.92 Å². The largest absolute Gasteiger partial charge is 0.335 e. The lowest BCUT2D eigenvalue weighted by Crippen LogP contribution is -2.30. The number of carbonyl (C=O) groups is 1. The normalized spacial score (nSPS) is 17.2. The van der Waals surface area contributed by atoms with E-state index in [2.05, 4.69) is 19.9 Å². The van der Waals surface area contributed by atoms with Gasteiger partial charge in [0.25, 0.3) is 0 Å². The highest BCUT2D eigenvalue weighted by Gasteiger charge is 2.25. The van der Waals surface area contributed by atoms with Gasteiger partial charge in [-0.15, -0.1) is 0 Å². The van der Waals surface area contributed by atoms with Crippen molar-refractivity contribution in [3.8, 4) is 0 Å². The fourth-order valence-corrected chi connectivity index (χ4v) is 3.03. The molecule has 1 aliphatic heterocycles. The maximum atomic E-state index is 12.6. The fourth-order valence-electron chi connectivity index (χ4n) is 3.03.